The Morgan fingerprint density at radius 1 is 1.37 bits per heavy atom. The summed E-state index contributed by atoms with van der Waals surface area (Å²) < 4.78 is 39.2. The first-order valence-electron chi connectivity index (χ1n) is 6.00. The summed E-state index contributed by atoms with van der Waals surface area (Å²) in [6.07, 6.45) is -0.00784. The predicted octanol–water partition coefficient (Wildman–Crippen LogP) is 2.37. The van der Waals surface area contributed by atoms with Crippen molar-refractivity contribution in [2.45, 2.75) is 19.1 Å². The van der Waals surface area contributed by atoms with Crippen LogP contribution >= 0.6 is 0 Å². The van der Waals surface area contributed by atoms with Crippen LogP contribution in [0.3, 0.4) is 0 Å². The molecule has 106 valence electrons. The number of halogens is 2. The number of hydrogen-bond donors (Lipinski definition) is 1. The van der Waals surface area contributed by atoms with Crippen LogP contribution < -0.4 is 9.47 Å². The summed E-state index contributed by atoms with van der Waals surface area (Å²) in [4.78, 5) is 0. The van der Waals surface area contributed by atoms with E-state index in [-0.39, 0.29) is 17.4 Å². The molecule has 19 heavy (non-hydrogen) atoms. The van der Waals surface area contributed by atoms with Crippen LogP contribution in [0.1, 0.15) is 18.1 Å². The van der Waals surface area contributed by atoms with Crippen LogP contribution in [-0.4, -0.2) is 32.0 Å². The standard InChI is InChI=1S/C13H16F2O4/c1-17-10-3-2-8(6-11(10)19-13(14)15)12(16)9-4-5-18-7-9/h2-3,6,9,12-13,16H,4-5,7H2,1H3. The fourth-order valence-electron chi connectivity index (χ4n) is 2.14. The number of aliphatic hydroxyl groups is 1. The molecule has 4 nitrogen and oxygen atoms in total. The molecule has 2 rings (SSSR count). The van der Waals surface area contributed by atoms with Gasteiger partial charge in [-0.1, -0.05) is 6.07 Å². The molecule has 6 heteroatoms. The molecular weight excluding hydrogens is 258 g/mol. The topological polar surface area (TPSA) is 47.9 Å². The molecule has 1 heterocycles. The number of hydrogen-bond acceptors (Lipinski definition) is 4. The van der Waals surface area contributed by atoms with Crippen LogP contribution in [0.15, 0.2) is 18.2 Å². The molecular formula is C13H16F2O4. The van der Waals surface area contributed by atoms with E-state index in [1.807, 2.05) is 0 Å². The Balaban J connectivity index is 2.20. The Morgan fingerprint density at radius 2 is 2.16 bits per heavy atom. The SMILES string of the molecule is COc1ccc(C(O)C2CCOC2)cc1OC(F)F. The van der Waals surface area contributed by atoms with Gasteiger partial charge in [0.15, 0.2) is 11.5 Å². The second kappa shape index (κ2) is 6.16. The third-order valence-electron chi connectivity index (χ3n) is 3.16. The number of alkyl halides is 2. The van der Waals surface area contributed by atoms with Gasteiger partial charge in [-0.2, -0.15) is 8.78 Å². The molecule has 0 spiro atoms. The van der Waals surface area contributed by atoms with Crippen LogP contribution in [0.5, 0.6) is 11.5 Å². The highest BCUT2D eigenvalue weighted by Gasteiger charge is 2.26. The van der Waals surface area contributed by atoms with E-state index >= 15 is 0 Å². The smallest absolute Gasteiger partial charge is 0.387 e. The normalized spacial score (nSPS) is 20.6. The molecule has 1 fully saturated rings. The first kappa shape index (κ1) is 14.0. The summed E-state index contributed by atoms with van der Waals surface area (Å²) in [6, 6.07) is 4.53. The molecule has 0 aliphatic carbocycles. The van der Waals surface area contributed by atoms with Crippen molar-refractivity contribution in [3.05, 3.63) is 23.8 Å². The minimum atomic E-state index is -2.93. The Morgan fingerprint density at radius 3 is 2.74 bits per heavy atom. The molecule has 1 aromatic rings. The Labute approximate surface area is 109 Å². The van der Waals surface area contributed by atoms with Gasteiger partial charge in [-0.05, 0) is 24.1 Å². The number of benzene rings is 1. The third kappa shape index (κ3) is 3.33. The highest BCUT2D eigenvalue weighted by Crippen LogP contribution is 2.35. The highest BCUT2D eigenvalue weighted by atomic mass is 19.3. The summed E-state index contributed by atoms with van der Waals surface area (Å²) in [5.41, 5.74) is 0.520. The van der Waals surface area contributed by atoms with Crippen molar-refractivity contribution in [3.63, 3.8) is 0 Å². The number of aliphatic hydroxyl groups excluding tert-OH is 1. The summed E-state index contributed by atoms with van der Waals surface area (Å²) in [6.45, 7) is -1.85. The molecule has 0 aromatic heterocycles. The summed E-state index contributed by atoms with van der Waals surface area (Å²) in [5, 5.41) is 10.2. The van der Waals surface area contributed by atoms with Crippen molar-refractivity contribution in [2.24, 2.45) is 5.92 Å². The third-order valence-corrected chi connectivity index (χ3v) is 3.16. The maximum absolute atomic E-state index is 12.3. The van der Waals surface area contributed by atoms with Gasteiger partial charge in [-0.25, -0.2) is 0 Å². The van der Waals surface area contributed by atoms with Gasteiger partial charge in [-0.3, -0.25) is 0 Å². The van der Waals surface area contributed by atoms with E-state index in [1.54, 1.807) is 6.07 Å². The second-order valence-corrected chi connectivity index (χ2v) is 4.36. The first-order valence-corrected chi connectivity index (χ1v) is 6.00. The Kier molecular flexibility index (Phi) is 4.55. The molecule has 1 aliphatic rings. The summed E-state index contributed by atoms with van der Waals surface area (Å²) >= 11 is 0. The maximum atomic E-state index is 12.3. The lowest BCUT2D eigenvalue weighted by Gasteiger charge is -2.18. The van der Waals surface area contributed by atoms with E-state index in [2.05, 4.69) is 4.74 Å². The van der Waals surface area contributed by atoms with Gasteiger partial charge < -0.3 is 19.3 Å². The largest absolute Gasteiger partial charge is 0.493 e. The van der Waals surface area contributed by atoms with E-state index in [4.69, 9.17) is 9.47 Å². The predicted molar refractivity (Wildman–Crippen MR) is 63.5 cm³/mol. The zero-order chi connectivity index (χ0) is 13.8. The van der Waals surface area contributed by atoms with Gasteiger partial charge >= 0.3 is 6.61 Å². The average Bonchev–Trinajstić information content (AvgIpc) is 2.91. The molecule has 1 saturated heterocycles. The van der Waals surface area contributed by atoms with Crippen LogP contribution in [0.2, 0.25) is 0 Å². The molecule has 0 amide bonds. The van der Waals surface area contributed by atoms with E-state index < -0.39 is 12.7 Å². The Bertz CT molecular complexity index is 419. The lowest BCUT2D eigenvalue weighted by molar-refractivity contribution is -0.0514. The zero-order valence-corrected chi connectivity index (χ0v) is 10.5. The van der Waals surface area contributed by atoms with Gasteiger partial charge in [0.05, 0.1) is 19.8 Å². The Hall–Kier alpha value is -1.40. The summed E-state index contributed by atoms with van der Waals surface area (Å²) in [7, 11) is 1.37. The average molecular weight is 274 g/mol. The molecule has 2 atom stereocenters. The minimum Gasteiger partial charge on any atom is -0.493 e. The van der Waals surface area contributed by atoms with E-state index in [1.165, 1.54) is 19.2 Å². The van der Waals surface area contributed by atoms with Gasteiger partial charge in [0.2, 0.25) is 0 Å². The van der Waals surface area contributed by atoms with Crippen molar-refractivity contribution in [1.29, 1.82) is 0 Å². The quantitative estimate of drug-likeness (QED) is 0.895. The monoisotopic (exact) mass is 274 g/mol. The van der Waals surface area contributed by atoms with Crippen molar-refractivity contribution in [1.82, 2.24) is 0 Å². The van der Waals surface area contributed by atoms with Crippen molar-refractivity contribution in [3.8, 4) is 11.5 Å². The zero-order valence-electron chi connectivity index (χ0n) is 10.5. The van der Waals surface area contributed by atoms with Gasteiger partial charge in [-0.15, -0.1) is 0 Å². The molecule has 2 unspecified atom stereocenters. The van der Waals surface area contributed by atoms with Crippen molar-refractivity contribution < 1.29 is 28.1 Å². The van der Waals surface area contributed by atoms with Crippen LogP contribution in [0, 0.1) is 5.92 Å². The van der Waals surface area contributed by atoms with E-state index in [0.29, 0.717) is 18.8 Å². The minimum absolute atomic E-state index is 0.0206. The molecule has 0 radical (unpaired) electrons. The van der Waals surface area contributed by atoms with E-state index in [0.717, 1.165) is 6.42 Å². The molecule has 0 bridgehead atoms. The first-order chi connectivity index (χ1) is 9.11. The number of methoxy groups -OCH3 is 1. The van der Waals surface area contributed by atoms with Gasteiger partial charge in [0, 0.05) is 12.5 Å². The summed E-state index contributed by atoms with van der Waals surface area (Å²) in [5.74, 6) is 0.111. The fraction of sp³-hybridized carbons (Fsp3) is 0.538. The van der Waals surface area contributed by atoms with Crippen LogP contribution in [-0.2, 0) is 4.74 Å². The maximum Gasteiger partial charge on any atom is 0.387 e. The molecule has 1 N–H and O–H groups in total. The molecule has 0 saturated carbocycles. The van der Waals surface area contributed by atoms with Gasteiger partial charge in [0.25, 0.3) is 0 Å². The van der Waals surface area contributed by atoms with Crippen LogP contribution in [0.4, 0.5) is 8.78 Å². The van der Waals surface area contributed by atoms with Gasteiger partial charge in [0.1, 0.15) is 0 Å². The number of rotatable bonds is 5. The highest BCUT2D eigenvalue weighted by molar-refractivity contribution is 5.43. The second-order valence-electron chi connectivity index (χ2n) is 4.36. The lowest BCUT2D eigenvalue weighted by Crippen LogP contribution is -2.13. The number of ether oxygens (including phenoxy) is 3. The van der Waals surface area contributed by atoms with Crippen molar-refractivity contribution in [2.75, 3.05) is 20.3 Å². The molecule has 1 aromatic carbocycles. The van der Waals surface area contributed by atoms with Crippen molar-refractivity contribution >= 4 is 0 Å². The fourth-order valence-corrected chi connectivity index (χ4v) is 2.14. The lowest BCUT2D eigenvalue weighted by atomic mass is 9.95. The van der Waals surface area contributed by atoms with Crippen LogP contribution in [0.25, 0.3) is 0 Å². The van der Waals surface area contributed by atoms with E-state index in [9.17, 15) is 13.9 Å². The molecule has 1 aliphatic heterocycles.